The van der Waals surface area contributed by atoms with E-state index >= 15 is 0 Å². The standard InChI is InChI=1S/C30H33NO4/c1-19-13-14-31(17-19)20(2)18-34-26-10-7-22(8-11-26)30-29(23-5-4-6-24(32)15-23)21(3)27-16-25(33)9-12-28(27)35-30/h4-12,15-16,19-20,30,32-33H,13-14,17-18H2,1-3H3/t19-,20+,30?/m0/s1. The molecule has 5 rings (SSSR count). The number of aromatic hydroxyl groups is 2. The van der Waals surface area contributed by atoms with E-state index in [1.54, 1.807) is 30.3 Å². The number of allylic oxidation sites excluding steroid dienone is 1. The number of likely N-dealkylation sites (tertiary alicyclic amines) is 1. The van der Waals surface area contributed by atoms with Crippen LogP contribution in [0.4, 0.5) is 0 Å². The molecular weight excluding hydrogens is 438 g/mol. The fraction of sp³-hybridized carbons (Fsp3) is 0.333. The highest BCUT2D eigenvalue weighted by Gasteiger charge is 2.30. The number of rotatable bonds is 6. The predicted molar refractivity (Wildman–Crippen MR) is 139 cm³/mol. The van der Waals surface area contributed by atoms with Gasteiger partial charge in [-0.2, -0.15) is 0 Å². The summed E-state index contributed by atoms with van der Waals surface area (Å²) in [4.78, 5) is 2.50. The maximum absolute atomic E-state index is 10.1. The van der Waals surface area contributed by atoms with Crippen LogP contribution in [-0.4, -0.2) is 40.9 Å². The van der Waals surface area contributed by atoms with Crippen LogP contribution in [-0.2, 0) is 0 Å². The molecule has 1 unspecified atom stereocenters. The lowest BCUT2D eigenvalue weighted by Gasteiger charge is -2.31. The minimum Gasteiger partial charge on any atom is -0.508 e. The van der Waals surface area contributed by atoms with Crippen LogP contribution in [0.25, 0.3) is 11.1 Å². The molecule has 5 heteroatoms. The number of phenols is 2. The molecule has 35 heavy (non-hydrogen) atoms. The van der Waals surface area contributed by atoms with Crippen molar-refractivity contribution in [3.05, 3.63) is 83.4 Å². The van der Waals surface area contributed by atoms with Gasteiger partial charge in [-0.05, 0) is 91.9 Å². The highest BCUT2D eigenvalue weighted by molar-refractivity contribution is 5.95. The first-order chi connectivity index (χ1) is 16.9. The molecule has 3 aromatic carbocycles. The third-order valence-electron chi connectivity index (χ3n) is 7.19. The Morgan fingerprint density at radius 1 is 1.03 bits per heavy atom. The van der Waals surface area contributed by atoms with Gasteiger partial charge in [0.1, 0.15) is 35.7 Å². The van der Waals surface area contributed by atoms with Crippen LogP contribution in [0.15, 0.2) is 66.7 Å². The van der Waals surface area contributed by atoms with Gasteiger partial charge in [-0.15, -0.1) is 0 Å². The van der Waals surface area contributed by atoms with E-state index in [0.29, 0.717) is 12.6 Å². The summed E-state index contributed by atoms with van der Waals surface area (Å²) >= 11 is 0. The van der Waals surface area contributed by atoms with E-state index < -0.39 is 0 Å². The third kappa shape index (κ3) is 4.87. The Hall–Kier alpha value is -3.44. The zero-order valence-electron chi connectivity index (χ0n) is 20.6. The Morgan fingerprint density at radius 2 is 1.80 bits per heavy atom. The minimum atomic E-state index is -0.354. The first-order valence-electron chi connectivity index (χ1n) is 12.4. The Morgan fingerprint density at radius 3 is 2.51 bits per heavy atom. The topological polar surface area (TPSA) is 62.2 Å². The van der Waals surface area contributed by atoms with Gasteiger partial charge >= 0.3 is 0 Å². The van der Waals surface area contributed by atoms with Gasteiger partial charge in [-0.25, -0.2) is 0 Å². The highest BCUT2D eigenvalue weighted by Crippen LogP contribution is 2.47. The van der Waals surface area contributed by atoms with Crippen LogP contribution in [0.5, 0.6) is 23.0 Å². The number of ether oxygens (including phenoxy) is 2. The van der Waals surface area contributed by atoms with Crippen LogP contribution in [0, 0.1) is 5.92 Å². The highest BCUT2D eigenvalue weighted by atomic mass is 16.5. The first kappa shape index (κ1) is 23.3. The fourth-order valence-corrected chi connectivity index (χ4v) is 5.15. The maximum atomic E-state index is 10.1. The lowest BCUT2D eigenvalue weighted by Crippen LogP contribution is -2.35. The van der Waals surface area contributed by atoms with Crippen LogP contribution in [0.2, 0.25) is 0 Å². The average Bonchev–Trinajstić information content (AvgIpc) is 3.29. The van der Waals surface area contributed by atoms with E-state index in [0.717, 1.165) is 58.3 Å². The molecule has 0 saturated carbocycles. The van der Waals surface area contributed by atoms with Gasteiger partial charge in [-0.1, -0.05) is 31.2 Å². The van der Waals surface area contributed by atoms with Crippen molar-refractivity contribution < 1.29 is 19.7 Å². The van der Waals surface area contributed by atoms with Crippen molar-refractivity contribution in [3.8, 4) is 23.0 Å². The van der Waals surface area contributed by atoms with Crippen molar-refractivity contribution in [2.75, 3.05) is 19.7 Å². The second-order valence-electron chi connectivity index (χ2n) is 9.89. The number of hydrogen-bond donors (Lipinski definition) is 2. The van der Waals surface area contributed by atoms with Crippen molar-refractivity contribution in [2.45, 2.75) is 39.3 Å². The normalized spacial score (nSPS) is 20.9. The molecular formula is C30H33NO4. The van der Waals surface area contributed by atoms with Gasteiger partial charge in [0.15, 0.2) is 0 Å². The Balaban J connectivity index is 1.41. The molecule has 3 atom stereocenters. The van der Waals surface area contributed by atoms with Crippen molar-refractivity contribution >= 4 is 11.1 Å². The molecule has 0 aliphatic carbocycles. The van der Waals surface area contributed by atoms with E-state index in [4.69, 9.17) is 9.47 Å². The monoisotopic (exact) mass is 471 g/mol. The first-order valence-corrected chi connectivity index (χ1v) is 12.4. The third-order valence-corrected chi connectivity index (χ3v) is 7.19. The van der Waals surface area contributed by atoms with E-state index in [1.165, 1.54) is 6.42 Å². The summed E-state index contributed by atoms with van der Waals surface area (Å²) in [5.41, 5.74) is 4.70. The smallest absolute Gasteiger partial charge is 0.150 e. The predicted octanol–water partition coefficient (Wildman–Crippen LogP) is 6.27. The van der Waals surface area contributed by atoms with E-state index in [1.807, 2.05) is 43.3 Å². The summed E-state index contributed by atoms with van der Waals surface area (Å²) in [6, 6.07) is 20.9. The summed E-state index contributed by atoms with van der Waals surface area (Å²) in [7, 11) is 0. The number of nitrogens with zero attached hydrogens (tertiary/aromatic N) is 1. The molecule has 0 amide bonds. The molecule has 2 heterocycles. The molecule has 0 spiro atoms. The number of benzene rings is 3. The zero-order valence-corrected chi connectivity index (χ0v) is 20.6. The average molecular weight is 472 g/mol. The summed E-state index contributed by atoms with van der Waals surface area (Å²) in [5.74, 6) is 2.73. The van der Waals surface area contributed by atoms with Gasteiger partial charge in [-0.3, -0.25) is 4.90 Å². The molecule has 182 valence electrons. The summed E-state index contributed by atoms with van der Waals surface area (Å²) in [5, 5.41) is 20.2. The number of fused-ring (bicyclic) bond motifs is 1. The number of hydrogen-bond acceptors (Lipinski definition) is 5. The SMILES string of the molecule is CC1=C(c2cccc(O)c2)C(c2ccc(OC[C@@H](C)N3CC[C@H](C)C3)cc2)Oc2ccc(O)cc21. The molecule has 2 aliphatic heterocycles. The van der Waals surface area contributed by atoms with Gasteiger partial charge in [0, 0.05) is 23.7 Å². The molecule has 0 bridgehead atoms. The zero-order chi connectivity index (χ0) is 24.5. The Labute approximate surface area is 207 Å². The molecule has 2 aliphatic rings. The van der Waals surface area contributed by atoms with Crippen molar-refractivity contribution in [1.82, 2.24) is 4.90 Å². The van der Waals surface area contributed by atoms with Crippen molar-refractivity contribution in [3.63, 3.8) is 0 Å². The molecule has 0 radical (unpaired) electrons. The van der Waals surface area contributed by atoms with Gasteiger partial charge in [0.2, 0.25) is 0 Å². The molecule has 3 aromatic rings. The molecule has 2 N–H and O–H groups in total. The quantitative estimate of drug-likeness (QED) is 0.444. The molecule has 5 nitrogen and oxygen atoms in total. The van der Waals surface area contributed by atoms with E-state index in [-0.39, 0.29) is 17.6 Å². The van der Waals surface area contributed by atoms with E-state index in [2.05, 4.69) is 18.7 Å². The molecule has 1 saturated heterocycles. The second-order valence-corrected chi connectivity index (χ2v) is 9.89. The molecule has 0 aromatic heterocycles. The van der Waals surface area contributed by atoms with Crippen molar-refractivity contribution in [2.24, 2.45) is 5.92 Å². The minimum absolute atomic E-state index is 0.194. The van der Waals surface area contributed by atoms with Gasteiger partial charge in [0.05, 0.1) is 0 Å². The van der Waals surface area contributed by atoms with Crippen LogP contribution >= 0.6 is 0 Å². The lowest BCUT2D eigenvalue weighted by molar-refractivity contribution is 0.169. The fourth-order valence-electron chi connectivity index (χ4n) is 5.15. The summed E-state index contributed by atoms with van der Waals surface area (Å²) in [6.45, 7) is 9.52. The maximum Gasteiger partial charge on any atom is 0.150 e. The second kappa shape index (κ2) is 9.67. The van der Waals surface area contributed by atoms with Crippen LogP contribution in [0.3, 0.4) is 0 Å². The van der Waals surface area contributed by atoms with Crippen LogP contribution in [0.1, 0.15) is 50.0 Å². The van der Waals surface area contributed by atoms with Gasteiger partial charge < -0.3 is 19.7 Å². The number of phenolic OH excluding ortho intramolecular Hbond substituents is 2. The van der Waals surface area contributed by atoms with E-state index in [9.17, 15) is 10.2 Å². The van der Waals surface area contributed by atoms with Gasteiger partial charge in [0.25, 0.3) is 0 Å². The van der Waals surface area contributed by atoms with Crippen molar-refractivity contribution in [1.29, 1.82) is 0 Å². The Kier molecular flexibility index (Phi) is 6.44. The molecule has 1 fully saturated rings. The largest absolute Gasteiger partial charge is 0.508 e. The summed E-state index contributed by atoms with van der Waals surface area (Å²) < 4.78 is 12.6. The lowest BCUT2D eigenvalue weighted by atomic mass is 9.86. The Bertz CT molecular complexity index is 1230. The van der Waals surface area contributed by atoms with Crippen LogP contribution < -0.4 is 9.47 Å². The summed E-state index contributed by atoms with van der Waals surface area (Å²) in [6.07, 6.45) is 0.908.